The summed E-state index contributed by atoms with van der Waals surface area (Å²) >= 11 is 12.5. The lowest BCUT2D eigenvalue weighted by atomic mass is 9.73. The molecule has 5 rings (SSSR count). The monoisotopic (exact) mass is 432 g/mol. The Morgan fingerprint density at radius 2 is 2.00 bits per heavy atom. The normalized spacial score (nSPS) is 23.9. The van der Waals surface area contributed by atoms with Crippen molar-refractivity contribution in [2.75, 3.05) is 24.6 Å². The number of piperidine rings is 1. The van der Waals surface area contributed by atoms with Crippen LogP contribution >= 0.6 is 23.2 Å². The molecule has 0 aliphatic carbocycles. The quantitative estimate of drug-likeness (QED) is 0.667. The number of hydrogen-bond acceptors (Lipinski definition) is 6. The van der Waals surface area contributed by atoms with Crippen LogP contribution in [0, 0.1) is 5.41 Å². The molecule has 29 heavy (non-hydrogen) atoms. The smallest absolute Gasteiger partial charge is 0.181 e. The fraction of sp³-hybridized carbons (Fsp3) is 0.450. The Morgan fingerprint density at radius 1 is 1.21 bits per heavy atom. The second kappa shape index (κ2) is 7.09. The Hall–Kier alpha value is -1.93. The molecule has 2 atom stereocenters. The highest BCUT2D eigenvalue weighted by Gasteiger charge is 2.47. The topological polar surface area (TPSA) is 82.1 Å². The number of nitrogens with zero attached hydrogens (tertiary/aromatic N) is 5. The molecule has 0 bridgehead atoms. The maximum absolute atomic E-state index is 6.42. The maximum atomic E-state index is 6.42. The van der Waals surface area contributed by atoms with Crippen molar-refractivity contribution in [1.82, 2.24) is 19.7 Å². The van der Waals surface area contributed by atoms with Gasteiger partial charge >= 0.3 is 0 Å². The van der Waals surface area contributed by atoms with Crippen molar-refractivity contribution >= 4 is 40.2 Å². The van der Waals surface area contributed by atoms with E-state index >= 15 is 0 Å². The third-order valence-electron chi connectivity index (χ3n) is 6.35. The third kappa shape index (κ3) is 3.08. The standard InChI is InChI=1S/C20H22Cl2N6O/c1-12-18(23)20(11-29-12)5-7-27(8-6-20)16-10-24-19-14(26-16)9-25-28(19)15-4-2-3-13(21)17(15)22/h2-4,9-10,12,18H,5-8,11,23H2,1H3/t12-,18+/m1/s1. The Balaban J connectivity index is 1.40. The summed E-state index contributed by atoms with van der Waals surface area (Å²) in [5.74, 6) is 0.852. The van der Waals surface area contributed by atoms with Crippen LogP contribution in [0.2, 0.25) is 10.0 Å². The van der Waals surface area contributed by atoms with E-state index in [0.29, 0.717) is 26.9 Å². The highest BCUT2D eigenvalue weighted by molar-refractivity contribution is 6.43. The van der Waals surface area contributed by atoms with Gasteiger partial charge in [-0.3, -0.25) is 0 Å². The molecule has 4 heterocycles. The van der Waals surface area contributed by atoms with Gasteiger partial charge in [0.15, 0.2) is 5.65 Å². The van der Waals surface area contributed by atoms with E-state index in [1.807, 2.05) is 12.1 Å². The van der Waals surface area contributed by atoms with Crippen LogP contribution in [0.4, 0.5) is 5.82 Å². The van der Waals surface area contributed by atoms with E-state index in [1.54, 1.807) is 23.1 Å². The first-order valence-corrected chi connectivity index (χ1v) is 10.5. The Labute approximate surface area is 178 Å². The molecule has 0 saturated carbocycles. The van der Waals surface area contributed by atoms with E-state index in [1.165, 1.54) is 0 Å². The van der Waals surface area contributed by atoms with E-state index in [2.05, 4.69) is 21.9 Å². The first kappa shape index (κ1) is 19.1. The zero-order valence-electron chi connectivity index (χ0n) is 16.1. The third-order valence-corrected chi connectivity index (χ3v) is 7.16. The van der Waals surface area contributed by atoms with Gasteiger partial charge in [-0.25, -0.2) is 14.6 Å². The summed E-state index contributed by atoms with van der Waals surface area (Å²) in [4.78, 5) is 11.7. The lowest BCUT2D eigenvalue weighted by Gasteiger charge is -2.41. The number of fused-ring (bicyclic) bond motifs is 1. The lowest BCUT2D eigenvalue weighted by molar-refractivity contribution is 0.0974. The summed E-state index contributed by atoms with van der Waals surface area (Å²) in [6.45, 7) is 4.59. The predicted molar refractivity (Wildman–Crippen MR) is 114 cm³/mol. The molecular weight excluding hydrogens is 411 g/mol. The number of benzene rings is 1. The van der Waals surface area contributed by atoms with Crippen LogP contribution in [-0.4, -0.2) is 51.6 Å². The lowest BCUT2D eigenvalue weighted by Crippen LogP contribution is -2.50. The van der Waals surface area contributed by atoms with Crippen LogP contribution < -0.4 is 10.6 Å². The van der Waals surface area contributed by atoms with E-state index in [9.17, 15) is 0 Å². The maximum Gasteiger partial charge on any atom is 0.181 e. The molecule has 2 aromatic heterocycles. The van der Waals surface area contributed by atoms with Gasteiger partial charge in [0, 0.05) is 24.5 Å². The molecule has 2 aliphatic heterocycles. The van der Waals surface area contributed by atoms with Gasteiger partial charge in [0.2, 0.25) is 0 Å². The summed E-state index contributed by atoms with van der Waals surface area (Å²) in [6, 6.07) is 5.53. The van der Waals surface area contributed by atoms with Crippen molar-refractivity contribution < 1.29 is 4.74 Å². The number of nitrogens with two attached hydrogens (primary N) is 1. The minimum atomic E-state index is 0.0850. The fourth-order valence-electron chi connectivity index (χ4n) is 4.44. The summed E-state index contributed by atoms with van der Waals surface area (Å²) in [6.07, 6.45) is 5.62. The molecule has 7 nitrogen and oxygen atoms in total. The number of rotatable bonds is 2. The molecule has 0 unspecified atom stereocenters. The molecule has 9 heteroatoms. The van der Waals surface area contributed by atoms with Crippen LogP contribution in [0.25, 0.3) is 16.9 Å². The van der Waals surface area contributed by atoms with Crippen LogP contribution in [0.15, 0.2) is 30.6 Å². The minimum Gasteiger partial charge on any atom is -0.376 e. The van der Waals surface area contributed by atoms with E-state index in [-0.39, 0.29) is 17.6 Å². The molecule has 3 aromatic rings. The second-order valence-corrected chi connectivity index (χ2v) is 8.74. The molecule has 2 fully saturated rings. The number of hydrogen-bond donors (Lipinski definition) is 1. The van der Waals surface area contributed by atoms with Crippen LogP contribution in [-0.2, 0) is 4.74 Å². The van der Waals surface area contributed by atoms with Crippen LogP contribution in [0.3, 0.4) is 0 Å². The Morgan fingerprint density at radius 3 is 2.72 bits per heavy atom. The number of anilines is 1. The summed E-state index contributed by atoms with van der Waals surface area (Å²) < 4.78 is 7.49. The minimum absolute atomic E-state index is 0.0850. The predicted octanol–water partition coefficient (Wildman–Crippen LogP) is 3.45. The van der Waals surface area contributed by atoms with Crippen molar-refractivity contribution in [3.63, 3.8) is 0 Å². The average molecular weight is 433 g/mol. The van der Waals surface area contributed by atoms with Gasteiger partial charge in [0.1, 0.15) is 11.3 Å². The zero-order valence-corrected chi connectivity index (χ0v) is 17.6. The number of ether oxygens (including phenoxy) is 1. The van der Waals surface area contributed by atoms with Crippen LogP contribution in [0.5, 0.6) is 0 Å². The SMILES string of the molecule is C[C@H]1OCC2(CCN(c3cnc4c(cnn4-c4cccc(Cl)c4Cl)n3)CC2)[C@H]1N. The van der Waals surface area contributed by atoms with Crippen molar-refractivity contribution in [2.45, 2.75) is 31.9 Å². The zero-order chi connectivity index (χ0) is 20.2. The van der Waals surface area contributed by atoms with E-state index in [4.69, 9.17) is 38.7 Å². The molecule has 2 aliphatic rings. The molecule has 152 valence electrons. The highest BCUT2D eigenvalue weighted by Crippen LogP contribution is 2.41. The second-order valence-electron chi connectivity index (χ2n) is 7.96. The molecule has 0 radical (unpaired) electrons. The molecule has 1 spiro atoms. The van der Waals surface area contributed by atoms with Gasteiger partial charge < -0.3 is 15.4 Å². The Bertz CT molecular complexity index is 1060. The van der Waals surface area contributed by atoms with Gasteiger partial charge in [-0.2, -0.15) is 5.10 Å². The highest BCUT2D eigenvalue weighted by atomic mass is 35.5. The van der Waals surface area contributed by atoms with E-state index < -0.39 is 0 Å². The summed E-state index contributed by atoms with van der Waals surface area (Å²) in [7, 11) is 0. The molecule has 2 N–H and O–H groups in total. The van der Waals surface area contributed by atoms with Crippen molar-refractivity contribution in [3.8, 4) is 5.69 Å². The van der Waals surface area contributed by atoms with Crippen molar-refractivity contribution in [2.24, 2.45) is 11.1 Å². The van der Waals surface area contributed by atoms with Gasteiger partial charge in [0.25, 0.3) is 0 Å². The Kier molecular flexibility index (Phi) is 4.66. The van der Waals surface area contributed by atoms with Crippen molar-refractivity contribution in [3.05, 3.63) is 40.6 Å². The molecular formula is C20H22Cl2N6O. The fourth-order valence-corrected chi connectivity index (χ4v) is 4.82. The van der Waals surface area contributed by atoms with Gasteiger partial charge in [-0.15, -0.1) is 0 Å². The van der Waals surface area contributed by atoms with Crippen molar-refractivity contribution in [1.29, 1.82) is 0 Å². The first-order chi connectivity index (χ1) is 14.0. The first-order valence-electron chi connectivity index (χ1n) is 9.76. The summed E-state index contributed by atoms with van der Waals surface area (Å²) in [5, 5.41) is 5.34. The van der Waals surface area contributed by atoms with Gasteiger partial charge in [-0.1, -0.05) is 29.3 Å². The average Bonchev–Trinajstić information content (AvgIpc) is 3.27. The van der Waals surface area contributed by atoms with Gasteiger partial charge in [0.05, 0.1) is 40.8 Å². The number of aromatic nitrogens is 4. The molecule has 2 saturated heterocycles. The molecule has 1 aromatic carbocycles. The van der Waals surface area contributed by atoms with E-state index in [0.717, 1.165) is 38.4 Å². The van der Waals surface area contributed by atoms with Crippen LogP contribution in [0.1, 0.15) is 19.8 Å². The molecule has 0 amide bonds. The number of halogens is 2. The van der Waals surface area contributed by atoms with Gasteiger partial charge in [-0.05, 0) is 31.9 Å². The summed E-state index contributed by atoms with van der Waals surface area (Å²) in [5.41, 5.74) is 8.55. The largest absolute Gasteiger partial charge is 0.376 e.